The second-order valence-electron chi connectivity index (χ2n) is 6.40. The van der Waals surface area contributed by atoms with Crippen molar-refractivity contribution >= 4 is 34.0 Å². The topological polar surface area (TPSA) is 81.9 Å². The Morgan fingerprint density at radius 1 is 1.36 bits per heavy atom. The van der Waals surface area contributed by atoms with E-state index in [1.165, 1.54) is 10.4 Å². The zero-order valence-electron chi connectivity index (χ0n) is 13.9. The molecule has 2 fully saturated rings. The molecule has 6 nitrogen and oxygen atoms in total. The summed E-state index contributed by atoms with van der Waals surface area (Å²) in [5.41, 5.74) is 5.93. The molecular weight excluding hydrogens is 387 g/mol. The summed E-state index contributed by atoms with van der Waals surface area (Å²) >= 11 is 6.03. The molecule has 0 saturated carbocycles. The van der Waals surface area contributed by atoms with Crippen molar-refractivity contribution in [3.63, 3.8) is 0 Å². The molecule has 1 aromatic rings. The van der Waals surface area contributed by atoms with Gasteiger partial charge in [0.25, 0.3) is 0 Å². The molecular formula is C16H24Cl2N2O4S. The lowest BCUT2D eigenvalue weighted by Gasteiger charge is -2.30. The molecule has 2 aliphatic heterocycles. The minimum absolute atomic E-state index is 0. The maximum atomic E-state index is 13.0. The zero-order valence-corrected chi connectivity index (χ0v) is 16.3. The monoisotopic (exact) mass is 410 g/mol. The predicted molar refractivity (Wildman–Crippen MR) is 99.1 cm³/mol. The van der Waals surface area contributed by atoms with Crippen LogP contribution in [0.3, 0.4) is 0 Å². The third kappa shape index (κ3) is 4.99. The quantitative estimate of drug-likeness (QED) is 0.804. The van der Waals surface area contributed by atoms with E-state index in [2.05, 4.69) is 0 Å². The van der Waals surface area contributed by atoms with Gasteiger partial charge in [0.1, 0.15) is 10.6 Å². The Kier molecular flexibility index (Phi) is 7.37. The lowest BCUT2D eigenvalue weighted by atomic mass is 10.1. The van der Waals surface area contributed by atoms with Gasteiger partial charge >= 0.3 is 0 Å². The van der Waals surface area contributed by atoms with Gasteiger partial charge in [-0.3, -0.25) is 0 Å². The highest BCUT2D eigenvalue weighted by atomic mass is 35.5. The first kappa shape index (κ1) is 20.7. The van der Waals surface area contributed by atoms with E-state index in [4.69, 9.17) is 26.8 Å². The summed E-state index contributed by atoms with van der Waals surface area (Å²) in [6.07, 6.45) is 2.53. The van der Waals surface area contributed by atoms with Gasteiger partial charge in [0.2, 0.25) is 10.0 Å². The van der Waals surface area contributed by atoms with E-state index in [0.717, 1.165) is 25.9 Å². The molecule has 0 aromatic heterocycles. The van der Waals surface area contributed by atoms with Crippen LogP contribution in [-0.4, -0.2) is 51.7 Å². The molecule has 0 bridgehead atoms. The largest absolute Gasteiger partial charge is 0.492 e. The van der Waals surface area contributed by atoms with Crippen LogP contribution in [0.15, 0.2) is 23.1 Å². The Hall–Kier alpha value is -0.570. The average molecular weight is 411 g/mol. The van der Waals surface area contributed by atoms with Crippen molar-refractivity contribution in [2.45, 2.75) is 30.2 Å². The van der Waals surface area contributed by atoms with Crippen LogP contribution in [0.2, 0.25) is 5.02 Å². The van der Waals surface area contributed by atoms with E-state index in [-0.39, 0.29) is 23.3 Å². The zero-order chi connectivity index (χ0) is 17.2. The highest BCUT2D eigenvalue weighted by Crippen LogP contribution is 2.31. The van der Waals surface area contributed by atoms with E-state index in [9.17, 15) is 8.42 Å². The van der Waals surface area contributed by atoms with Gasteiger partial charge in [-0.25, -0.2) is 8.42 Å². The van der Waals surface area contributed by atoms with Crippen molar-refractivity contribution in [2.24, 2.45) is 11.7 Å². The van der Waals surface area contributed by atoms with E-state index >= 15 is 0 Å². The highest BCUT2D eigenvalue weighted by molar-refractivity contribution is 7.89. The standard InChI is InChI=1S/C16H23ClN2O4S.ClH/c17-13-3-4-15(23-11-12-5-7-22-10-12)16(8-13)24(20,21)19-6-1-2-14(18)9-19;/h3-4,8,12,14H,1-2,5-7,9-11,18H2;1H. The normalized spacial score (nSPS) is 24.7. The first-order valence-electron chi connectivity index (χ1n) is 8.22. The molecule has 0 amide bonds. The summed E-state index contributed by atoms with van der Waals surface area (Å²) in [7, 11) is -3.68. The Bertz CT molecular complexity index is 681. The van der Waals surface area contributed by atoms with Gasteiger partial charge in [0, 0.05) is 36.7 Å². The summed E-state index contributed by atoms with van der Waals surface area (Å²) < 4.78 is 38.6. The predicted octanol–water partition coefficient (Wildman–Crippen LogP) is 2.29. The van der Waals surface area contributed by atoms with Crippen LogP contribution in [0.4, 0.5) is 0 Å². The van der Waals surface area contributed by atoms with Gasteiger partial charge in [0.05, 0.1) is 13.2 Å². The number of sulfonamides is 1. The molecule has 2 unspecified atom stereocenters. The number of piperidine rings is 1. The van der Waals surface area contributed by atoms with Crippen molar-refractivity contribution in [1.82, 2.24) is 4.31 Å². The number of nitrogens with zero attached hydrogens (tertiary/aromatic N) is 1. The summed E-state index contributed by atoms with van der Waals surface area (Å²) in [5, 5.41) is 0.367. The lowest BCUT2D eigenvalue weighted by Crippen LogP contribution is -2.45. The smallest absolute Gasteiger partial charge is 0.246 e. The Balaban J connectivity index is 0.00000225. The van der Waals surface area contributed by atoms with E-state index < -0.39 is 10.0 Å². The lowest BCUT2D eigenvalue weighted by molar-refractivity contribution is 0.166. The summed E-state index contributed by atoms with van der Waals surface area (Å²) in [6, 6.07) is 4.59. The second-order valence-corrected chi connectivity index (χ2v) is 8.74. The van der Waals surface area contributed by atoms with Crippen LogP contribution in [-0.2, 0) is 14.8 Å². The molecule has 2 atom stereocenters. The summed E-state index contributed by atoms with van der Waals surface area (Å²) in [4.78, 5) is 0.114. The van der Waals surface area contributed by atoms with Gasteiger partial charge in [-0.15, -0.1) is 12.4 Å². The van der Waals surface area contributed by atoms with E-state index in [1.807, 2.05) is 0 Å². The van der Waals surface area contributed by atoms with Gasteiger partial charge in [-0.2, -0.15) is 4.31 Å². The number of hydrogen-bond acceptors (Lipinski definition) is 5. The van der Waals surface area contributed by atoms with Gasteiger partial charge < -0.3 is 15.2 Å². The molecule has 2 saturated heterocycles. The van der Waals surface area contributed by atoms with Gasteiger partial charge in [-0.1, -0.05) is 11.6 Å². The molecule has 0 aliphatic carbocycles. The molecule has 2 aliphatic rings. The van der Waals surface area contributed by atoms with E-state index in [0.29, 0.717) is 43.0 Å². The molecule has 2 heterocycles. The van der Waals surface area contributed by atoms with Crippen LogP contribution >= 0.6 is 24.0 Å². The molecule has 0 spiro atoms. The number of ether oxygens (including phenoxy) is 2. The van der Waals surface area contributed by atoms with Crippen LogP contribution < -0.4 is 10.5 Å². The third-order valence-electron chi connectivity index (χ3n) is 4.44. The van der Waals surface area contributed by atoms with Crippen LogP contribution in [0.25, 0.3) is 0 Å². The number of hydrogen-bond donors (Lipinski definition) is 1. The molecule has 9 heteroatoms. The van der Waals surface area contributed by atoms with Crippen molar-refractivity contribution in [2.75, 3.05) is 32.9 Å². The number of halogens is 2. The van der Waals surface area contributed by atoms with Crippen molar-refractivity contribution in [3.05, 3.63) is 23.2 Å². The SMILES string of the molecule is Cl.NC1CCCN(S(=O)(=O)c2cc(Cl)ccc2OCC2CCOC2)C1. The molecule has 142 valence electrons. The van der Waals surface area contributed by atoms with Crippen molar-refractivity contribution in [1.29, 1.82) is 0 Å². The number of nitrogens with two attached hydrogens (primary N) is 1. The average Bonchev–Trinajstić information content (AvgIpc) is 3.07. The Morgan fingerprint density at radius 3 is 2.84 bits per heavy atom. The van der Waals surface area contributed by atoms with Crippen LogP contribution in [0.5, 0.6) is 5.75 Å². The molecule has 2 N–H and O–H groups in total. The summed E-state index contributed by atoms with van der Waals surface area (Å²) in [6.45, 7) is 2.61. The van der Waals surface area contributed by atoms with Crippen molar-refractivity contribution in [3.8, 4) is 5.75 Å². The van der Waals surface area contributed by atoms with Crippen LogP contribution in [0, 0.1) is 5.92 Å². The van der Waals surface area contributed by atoms with Gasteiger partial charge in [0.15, 0.2) is 0 Å². The Morgan fingerprint density at radius 2 is 2.16 bits per heavy atom. The summed E-state index contributed by atoms with van der Waals surface area (Å²) in [5.74, 6) is 0.630. The van der Waals surface area contributed by atoms with Crippen LogP contribution in [0.1, 0.15) is 19.3 Å². The number of rotatable bonds is 5. The Labute approximate surface area is 160 Å². The molecule has 25 heavy (non-hydrogen) atoms. The fourth-order valence-electron chi connectivity index (χ4n) is 3.06. The minimum Gasteiger partial charge on any atom is -0.492 e. The first-order valence-corrected chi connectivity index (χ1v) is 10.0. The third-order valence-corrected chi connectivity index (χ3v) is 6.56. The van der Waals surface area contributed by atoms with E-state index in [1.54, 1.807) is 12.1 Å². The van der Waals surface area contributed by atoms with Gasteiger partial charge in [-0.05, 0) is 37.5 Å². The maximum absolute atomic E-state index is 13.0. The number of benzene rings is 1. The molecule has 0 radical (unpaired) electrons. The molecule has 1 aromatic carbocycles. The molecule has 3 rings (SSSR count). The minimum atomic E-state index is -3.68. The second kappa shape index (κ2) is 8.88. The maximum Gasteiger partial charge on any atom is 0.246 e. The highest BCUT2D eigenvalue weighted by Gasteiger charge is 2.31. The first-order chi connectivity index (χ1) is 11.5. The van der Waals surface area contributed by atoms with Crippen molar-refractivity contribution < 1.29 is 17.9 Å². The fraction of sp³-hybridized carbons (Fsp3) is 0.625. The fourth-order valence-corrected chi connectivity index (χ4v) is 4.99.